The molecule has 1 atom stereocenters. The molecule has 1 unspecified atom stereocenters. The fraction of sp³-hybridized carbons (Fsp3) is 0.0714. The highest BCUT2D eigenvalue weighted by molar-refractivity contribution is 7.99. The van der Waals surface area contributed by atoms with E-state index < -0.39 is 0 Å². The molecule has 2 aromatic heterocycles. The molecular formula is C28H23N5OS. The monoisotopic (exact) mass is 477 g/mol. The fourth-order valence-corrected chi connectivity index (χ4v) is 4.60. The number of aromatic nitrogens is 4. The van der Waals surface area contributed by atoms with E-state index in [9.17, 15) is 4.79 Å². The van der Waals surface area contributed by atoms with Gasteiger partial charge in [0.05, 0.1) is 11.8 Å². The van der Waals surface area contributed by atoms with E-state index in [1.165, 1.54) is 11.8 Å². The normalized spacial score (nSPS) is 11.7. The second-order valence-electron chi connectivity index (χ2n) is 7.82. The molecule has 6 nitrogen and oxygen atoms in total. The number of rotatable bonds is 8. The molecule has 7 heteroatoms. The van der Waals surface area contributed by atoms with E-state index in [4.69, 9.17) is 0 Å². The molecule has 3 aromatic carbocycles. The van der Waals surface area contributed by atoms with E-state index in [-0.39, 0.29) is 17.7 Å². The number of carbonyl (C=O) groups excluding carboxylic acids is 1. The SMILES string of the molecule is O=C(CSc1nnc(-c2ccccc2)n1-c1ccccc1)NC(c1ccccc1)c1ccncc1. The van der Waals surface area contributed by atoms with Gasteiger partial charge in [0.15, 0.2) is 11.0 Å². The van der Waals surface area contributed by atoms with Gasteiger partial charge in [0.25, 0.3) is 0 Å². The van der Waals surface area contributed by atoms with Crippen LogP contribution in [-0.2, 0) is 4.79 Å². The summed E-state index contributed by atoms with van der Waals surface area (Å²) in [5.41, 5.74) is 3.89. The third-order valence-corrected chi connectivity index (χ3v) is 6.42. The molecule has 1 N–H and O–H groups in total. The van der Waals surface area contributed by atoms with Crippen molar-refractivity contribution in [3.63, 3.8) is 0 Å². The van der Waals surface area contributed by atoms with E-state index in [2.05, 4.69) is 20.5 Å². The fourth-order valence-electron chi connectivity index (χ4n) is 3.84. The molecule has 0 aliphatic heterocycles. The van der Waals surface area contributed by atoms with Gasteiger partial charge in [-0.2, -0.15) is 0 Å². The summed E-state index contributed by atoms with van der Waals surface area (Å²) < 4.78 is 1.99. The molecule has 0 bridgehead atoms. The lowest BCUT2D eigenvalue weighted by atomic mass is 10.00. The summed E-state index contributed by atoms with van der Waals surface area (Å²) in [6.45, 7) is 0. The Morgan fingerprint density at radius 2 is 1.37 bits per heavy atom. The number of pyridine rings is 1. The van der Waals surface area contributed by atoms with Crippen LogP contribution in [0.3, 0.4) is 0 Å². The largest absolute Gasteiger partial charge is 0.344 e. The average Bonchev–Trinajstić information content (AvgIpc) is 3.36. The van der Waals surface area contributed by atoms with Crippen molar-refractivity contribution in [3.05, 3.63) is 127 Å². The molecule has 2 heterocycles. The van der Waals surface area contributed by atoms with Crippen LogP contribution in [-0.4, -0.2) is 31.4 Å². The maximum Gasteiger partial charge on any atom is 0.231 e. The second-order valence-corrected chi connectivity index (χ2v) is 8.77. The quantitative estimate of drug-likeness (QED) is 0.306. The summed E-state index contributed by atoms with van der Waals surface area (Å²) in [6, 6.07) is 33.4. The van der Waals surface area contributed by atoms with Crippen molar-refractivity contribution in [1.82, 2.24) is 25.1 Å². The molecule has 0 saturated heterocycles. The predicted octanol–water partition coefficient (Wildman–Crippen LogP) is 5.33. The number of thioether (sulfide) groups is 1. The molecule has 0 saturated carbocycles. The molecule has 5 rings (SSSR count). The van der Waals surface area contributed by atoms with Gasteiger partial charge in [0, 0.05) is 23.6 Å². The molecule has 0 fully saturated rings. The van der Waals surface area contributed by atoms with Crippen LogP contribution >= 0.6 is 11.8 Å². The van der Waals surface area contributed by atoms with Crippen molar-refractivity contribution >= 4 is 17.7 Å². The van der Waals surface area contributed by atoms with Crippen LogP contribution in [0.5, 0.6) is 0 Å². The number of carbonyl (C=O) groups is 1. The first kappa shape index (κ1) is 22.6. The lowest BCUT2D eigenvalue weighted by Crippen LogP contribution is -2.30. The lowest BCUT2D eigenvalue weighted by molar-refractivity contribution is -0.119. The van der Waals surface area contributed by atoms with Crippen molar-refractivity contribution < 1.29 is 4.79 Å². The first-order valence-corrected chi connectivity index (χ1v) is 12.2. The predicted molar refractivity (Wildman–Crippen MR) is 138 cm³/mol. The number of nitrogens with zero attached hydrogens (tertiary/aromatic N) is 4. The Hall–Kier alpha value is -4.23. The minimum Gasteiger partial charge on any atom is -0.344 e. The molecule has 1 amide bonds. The first-order valence-electron chi connectivity index (χ1n) is 11.2. The summed E-state index contributed by atoms with van der Waals surface area (Å²) in [4.78, 5) is 17.2. The summed E-state index contributed by atoms with van der Waals surface area (Å²) in [5, 5.41) is 12.7. The number of para-hydroxylation sites is 1. The molecule has 172 valence electrons. The van der Waals surface area contributed by atoms with Crippen LogP contribution in [0.1, 0.15) is 17.2 Å². The van der Waals surface area contributed by atoms with Gasteiger partial charge >= 0.3 is 0 Å². The zero-order chi connectivity index (χ0) is 23.9. The van der Waals surface area contributed by atoms with Crippen LogP contribution in [0, 0.1) is 0 Å². The Morgan fingerprint density at radius 3 is 2.06 bits per heavy atom. The van der Waals surface area contributed by atoms with E-state index in [0.29, 0.717) is 5.16 Å². The lowest BCUT2D eigenvalue weighted by Gasteiger charge is -2.19. The van der Waals surface area contributed by atoms with Crippen molar-refractivity contribution in [1.29, 1.82) is 0 Å². The molecule has 0 spiro atoms. The third kappa shape index (κ3) is 5.31. The average molecular weight is 478 g/mol. The third-order valence-electron chi connectivity index (χ3n) is 5.49. The maximum absolute atomic E-state index is 13.1. The highest BCUT2D eigenvalue weighted by Crippen LogP contribution is 2.28. The Morgan fingerprint density at radius 1 is 0.771 bits per heavy atom. The Labute approximate surface area is 208 Å². The minimum atomic E-state index is -0.265. The molecule has 5 aromatic rings. The van der Waals surface area contributed by atoms with Crippen LogP contribution in [0.4, 0.5) is 0 Å². The molecule has 0 aliphatic carbocycles. The second kappa shape index (κ2) is 10.8. The van der Waals surface area contributed by atoms with Gasteiger partial charge in [-0.25, -0.2) is 0 Å². The number of hydrogen-bond acceptors (Lipinski definition) is 5. The van der Waals surface area contributed by atoms with Gasteiger partial charge in [-0.05, 0) is 35.4 Å². The summed E-state index contributed by atoms with van der Waals surface area (Å²) >= 11 is 1.36. The zero-order valence-electron chi connectivity index (χ0n) is 18.9. The maximum atomic E-state index is 13.1. The van der Waals surface area contributed by atoms with Gasteiger partial charge in [-0.3, -0.25) is 14.3 Å². The topological polar surface area (TPSA) is 72.7 Å². The van der Waals surface area contributed by atoms with Gasteiger partial charge in [0.2, 0.25) is 5.91 Å². The Balaban J connectivity index is 1.38. The van der Waals surface area contributed by atoms with Crippen molar-refractivity contribution in [2.45, 2.75) is 11.2 Å². The van der Waals surface area contributed by atoms with E-state index in [1.54, 1.807) is 12.4 Å². The van der Waals surface area contributed by atoms with E-state index >= 15 is 0 Å². The number of benzene rings is 3. The minimum absolute atomic E-state index is 0.0930. The zero-order valence-corrected chi connectivity index (χ0v) is 19.7. The van der Waals surface area contributed by atoms with Crippen molar-refractivity contribution in [2.75, 3.05) is 5.75 Å². The molecule has 0 radical (unpaired) electrons. The standard InChI is InChI=1S/C28H23N5OS/c34-25(30-26(21-10-4-1-5-11-21)22-16-18-29-19-17-22)20-35-28-32-31-27(23-12-6-2-7-13-23)33(28)24-14-8-3-9-15-24/h1-19,26H,20H2,(H,30,34). The highest BCUT2D eigenvalue weighted by atomic mass is 32.2. The number of hydrogen-bond donors (Lipinski definition) is 1. The molecule has 35 heavy (non-hydrogen) atoms. The van der Waals surface area contributed by atoms with Gasteiger partial charge in [-0.1, -0.05) is 90.6 Å². The van der Waals surface area contributed by atoms with Gasteiger partial charge < -0.3 is 5.32 Å². The molecular weight excluding hydrogens is 454 g/mol. The summed E-state index contributed by atoms with van der Waals surface area (Å²) in [5.74, 6) is 0.844. The Bertz CT molecular complexity index is 1340. The summed E-state index contributed by atoms with van der Waals surface area (Å²) in [6.07, 6.45) is 3.47. The Kier molecular flexibility index (Phi) is 6.96. The molecule has 0 aliphatic rings. The van der Waals surface area contributed by atoms with E-state index in [0.717, 1.165) is 28.2 Å². The van der Waals surface area contributed by atoms with Crippen LogP contribution in [0.2, 0.25) is 0 Å². The van der Waals surface area contributed by atoms with Gasteiger partial charge in [0.1, 0.15) is 0 Å². The van der Waals surface area contributed by atoms with Crippen molar-refractivity contribution in [3.8, 4) is 17.1 Å². The van der Waals surface area contributed by atoms with Crippen LogP contribution < -0.4 is 5.32 Å². The summed E-state index contributed by atoms with van der Waals surface area (Å²) in [7, 11) is 0. The van der Waals surface area contributed by atoms with Crippen LogP contribution in [0.25, 0.3) is 17.1 Å². The van der Waals surface area contributed by atoms with Crippen LogP contribution in [0.15, 0.2) is 121 Å². The number of nitrogens with one attached hydrogen (secondary N) is 1. The van der Waals surface area contributed by atoms with Crippen molar-refractivity contribution in [2.24, 2.45) is 0 Å². The first-order chi connectivity index (χ1) is 17.3. The number of amides is 1. The van der Waals surface area contributed by atoms with Gasteiger partial charge in [-0.15, -0.1) is 10.2 Å². The smallest absolute Gasteiger partial charge is 0.231 e. The van der Waals surface area contributed by atoms with E-state index in [1.807, 2.05) is 108 Å². The highest BCUT2D eigenvalue weighted by Gasteiger charge is 2.20.